The second kappa shape index (κ2) is 7.74. The Morgan fingerprint density at radius 1 is 0.839 bits per heavy atom. The summed E-state index contributed by atoms with van der Waals surface area (Å²) in [5.41, 5.74) is 1.07. The molecule has 2 bridgehead atoms. The molecule has 31 heavy (non-hydrogen) atoms. The van der Waals surface area contributed by atoms with Crippen LogP contribution in [0.25, 0.3) is 0 Å². The highest BCUT2D eigenvalue weighted by Crippen LogP contribution is 2.52. The number of hydrogen-bond acceptors (Lipinski definition) is 4. The van der Waals surface area contributed by atoms with E-state index >= 15 is 0 Å². The molecule has 0 amide bonds. The van der Waals surface area contributed by atoms with Crippen molar-refractivity contribution >= 4 is 15.6 Å². The van der Waals surface area contributed by atoms with E-state index in [0.29, 0.717) is 30.7 Å². The van der Waals surface area contributed by atoms with Crippen LogP contribution in [0.1, 0.15) is 30.4 Å². The maximum Gasteiger partial charge on any atom is 0.182 e. The van der Waals surface area contributed by atoms with Gasteiger partial charge in [-0.3, -0.25) is 9.69 Å². The Bertz CT molecular complexity index is 1180. The fraction of sp³-hybridized carbons (Fsp3) is 0.269. The van der Waals surface area contributed by atoms with Gasteiger partial charge < -0.3 is 0 Å². The SMILES string of the molecule is O=C1CCC2C(S(=O)(=O)c3ccccc3)CC1(c1ccccc1)N2Cc1ccccc1. The van der Waals surface area contributed by atoms with E-state index in [2.05, 4.69) is 4.90 Å². The Morgan fingerprint density at radius 3 is 2.06 bits per heavy atom. The van der Waals surface area contributed by atoms with Crippen LogP contribution < -0.4 is 0 Å². The number of sulfone groups is 1. The predicted octanol–water partition coefficient (Wildman–Crippen LogP) is 4.36. The molecule has 3 unspecified atom stereocenters. The number of rotatable bonds is 5. The zero-order valence-corrected chi connectivity index (χ0v) is 18.0. The van der Waals surface area contributed by atoms with Crippen molar-refractivity contribution in [1.82, 2.24) is 4.90 Å². The van der Waals surface area contributed by atoms with E-state index in [1.54, 1.807) is 24.3 Å². The molecule has 2 saturated heterocycles. The Kier molecular flexibility index (Phi) is 5.03. The average molecular weight is 432 g/mol. The van der Waals surface area contributed by atoms with Crippen molar-refractivity contribution in [3.63, 3.8) is 0 Å². The van der Waals surface area contributed by atoms with Crippen LogP contribution >= 0.6 is 0 Å². The summed E-state index contributed by atoms with van der Waals surface area (Å²) in [5.74, 6) is 0.122. The molecule has 0 saturated carbocycles. The van der Waals surface area contributed by atoms with E-state index in [1.165, 1.54) is 0 Å². The molecule has 2 aliphatic rings. The summed E-state index contributed by atoms with van der Waals surface area (Å²) in [7, 11) is -3.58. The third-order valence-electron chi connectivity index (χ3n) is 6.86. The molecule has 3 aromatic rings. The number of benzene rings is 3. The number of carbonyl (C=O) groups excluding carboxylic acids is 1. The monoisotopic (exact) mass is 431 g/mol. The highest BCUT2D eigenvalue weighted by atomic mass is 32.2. The molecule has 158 valence electrons. The summed E-state index contributed by atoms with van der Waals surface area (Å²) in [6.07, 6.45) is 1.27. The molecule has 0 N–H and O–H groups in total. The van der Waals surface area contributed by atoms with Crippen molar-refractivity contribution in [3.05, 3.63) is 102 Å². The van der Waals surface area contributed by atoms with Crippen molar-refractivity contribution in [2.24, 2.45) is 0 Å². The van der Waals surface area contributed by atoms with Gasteiger partial charge in [0.1, 0.15) is 5.54 Å². The lowest BCUT2D eigenvalue weighted by Gasteiger charge is -2.44. The van der Waals surface area contributed by atoms with Gasteiger partial charge in [-0.1, -0.05) is 78.9 Å². The van der Waals surface area contributed by atoms with Gasteiger partial charge in [-0.2, -0.15) is 0 Å². The number of ketones is 1. The topological polar surface area (TPSA) is 54.5 Å². The molecular weight excluding hydrogens is 406 g/mol. The fourth-order valence-electron chi connectivity index (χ4n) is 5.42. The second-order valence-electron chi connectivity index (χ2n) is 8.47. The van der Waals surface area contributed by atoms with Crippen LogP contribution in [0, 0.1) is 0 Å². The van der Waals surface area contributed by atoms with Crippen LogP contribution in [0.15, 0.2) is 95.9 Å². The molecule has 3 atom stereocenters. The molecule has 5 heteroatoms. The number of carbonyl (C=O) groups is 1. The summed E-state index contributed by atoms with van der Waals surface area (Å²) in [4.78, 5) is 16.1. The molecule has 0 spiro atoms. The molecule has 0 radical (unpaired) electrons. The van der Waals surface area contributed by atoms with E-state index in [9.17, 15) is 13.2 Å². The first-order valence-corrected chi connectivity index (χ1v) is 12.3. The van der Waals surface area contributed by atoms with Crippen molar-refractivity contribution in [2.45, 2.75) is 47.5 Å². The summed E-state index contributed by atoms with van der Waals surface area (Å²) >= 11 is 0. The maximum absolute atomic E-state index is 13.7. The Hall–Kier alpha value is -2.76. The zero-order chi connectivity index (χ0) is 21.5. The van der Waals surface area contributed by atoms with Crippen LogP contribution in [-0.4, -0.2) is 30.4 Å². The van der Waals surface area contributed by atoms with Crippen LogP contribution in [0.4, 0.5) is 0 Å². The lowest BCUT2D eigenvalue weighted by atomic mass is 9.80. The zero-order valence-electron chi connectivity index (χ0n) is 17.2. The number of fused-ring (bicyclic) bond motifs is 2. The van der Waals surface area contributed by atoms with E-state index in [-0.39, 0.29) is 11.8 Å². The first-order valence-electron chi connectivity index (χ1n) is 10.7. The number of piperidine rings is 1. The predicted molar refractivity (Wildman–Crippen MR) is 120 cm³/mol. The van der Waals surface area contributed by atoms with Gasteiger partial charge in [-0.15, -0.1) is 0 Å². The standard InChI is InChI=1S/C26H25NO3S/c28-25-17-16-23-24(31(29,30)22-14-8-3-9-15-22)18-26(25,21-12-6-2-7-13-21)27(23)19-20-10-4-1-5-11-20/h1-15,23-24H,16-19H2. The highest BCUT2D eigenvalue weighted by molar-refractivity contribution is 7.92. The maximum atomic E-state index is 13.7. The molecule has 2 fully saturated rings. The van der Waals surface area contributed by atoms with Crippen molar-refractivity contribution in [2.75, 3.05) is 0 Å². The van der Waals surface area contributed by atoms with Gasteiger partial charge in [0.15, 0.2) is 15.6 Å². The van der Waals surface area contributed by atoms with E-state index in [4.69, 9.17) is 0 Å². The molecule has 2 aliphatic heterocycles. The molecule has 4 nitrogen and oxygen atoms in total. The molecular formula is C26H25NO3S. The highest BCUT2D eigenvalue weighted by Gasteiger charge is 2.62. The Balaban J connectivity index is 1.65. The second-order valence-corrected chi connectivity index (χ2v) is 10.6. The molecule has 2 heterocycles. The van der Waals surface area contributed by atoms with Crippen LogP contribution in [0.2, 0.25) is 0 Å². The average Bonchev–Trinajstić information content (AvgIpc) is 3.05. The molecule has 3 aromatic carbocycles. The largest absolute Gasteiger partial charge is 0.297 e. The third-order valence-corrected chi connectivity index (χ3v) is 9.07. The first-order chi connectivity index (χ1) is 15.0. The Morgan fingerprint density at radius 2 is 1.42 bits per heavy atom. The normalized spacial score (nSPS) is 26.1. The minimum Gasteiger partial charge on any atom is -0.297 e. The van der Waals surface area contributed by atoms with Crippen LogP contribution in [-0.2, 0) is 26.7 Å². The van der Waals surface area contributed by atoms with Crippen molar-refractivity contribution in [3.8, 4) is 0 Å². The third kappa shape index (κ3) is 3.24. The van der Waals surface area contributed by atoms with Gasteiger partial charge in [-0.05, 0) is 36.1 Å². The van der Waals surface area contributed by atoms with Gasteiger partial charge >= 0.3 is 0 Å². The minimum atomic E-state index is -3.58. The minimum absolute atomic E-state index is 0.122. The summed E-state index contributed by atoms with van der Waals surface area (Å²) in [5, 5.41) is -0.620. The lowest BCUT2D eigenvalue weighted by molar-refractivity contribution is -0.135. The molecule has 0 aromatic heterocycles. The number of Topliss-reactive ketones (excluding diaryl/α,β-unsaturated/α-hetero) is 1. The van der Waals surface area contributed by atoms with Gasteiger partial charge in [0.2, 0.25) is 0 Å². The Labute approximate surface area is 183 Å². The molecule has 5 rings (SSSR count). The van der Waals surface area contributed by atoms with E-state index in [0.717, 1.165) is 11.1 Å². The van der Waals surface area contributed by atoms with Crippen LogP contribution in [0.5, 0.6) is 0 Å². The number of hydrogen-bond donors (Lipinski definition) is 0. The summed E-state index contributed by atoms with van der Waals surface area (Å²) in [6, 6.07) is 28.2. The quantitative estimate of drug-likeness (QED) is 0.602. The lowest BCUT2D eigenvalue weighted by Crippen LogP contribution is -2.54. The number of nitrogens with zero attached hydrogens (tertiary/aromatic N) is 1. The van der Waals surface area contributed by atoms with E-state index < -0.39 is 20.6 Å². The van der Waals surface area contributed by atoms with Crippen molar-refractivity contribution < 1.29 is 13.2 Å². The summed E-state index contributed by atoms with van der Waals surface area (Å²) in [6.45, 7) is 0.549. The van der Waals surface area contributed by atoms with Gasteiger partial charge in [0, 0.05) is 19.0 Å². The first kappa shape index (κ1) is 20.2. The van der Waals surface area contributed by atoms with Crippen molar-refractivity contribution in [1.29, 1.82) is 0 Å². The fourth-order valence-corrected chi connectivity index (χ4v) is 7.47. The van der Waals surface area contributed by atoms with Gasteiger partial charge in [0.05, 0.1) is 10.1 Å². The van der Waals surface area contributed by atoms with Gasteiger partial charge in [0.25, 0.3) is 0 Å². The molecule has 0 aliphatic carbocycles. The smallest absolute Gasteiger partial charge is 0.182 e. The van der Waals surface area contributed by atoms with Gasteiger partial charge in [-0.25, -0.2) is 8.42 Å². The van der Waals surface area contributed by atoms with E-state index in [1.807, 2.05) is 66.7 Å². The summed E-state index contributed by atoms with van der Waals surface area (Å²) < 4.78 is 27.4. The van der Waals surface area contributed by atoms with Crippen LogP contribution in [0.3, 0.4) is 0 Å².